The van der Waals surface area contributed by atoms with Crippen LogP contribution in [0.15, 0.2) is 10.3 Å². The summed E-state index contributed by atoms with van der Waals surface area (Å²) < 4.78 is 27.2. The Morgan fingerprint density at radius 1 is 1.59 bits per heavy atom. The molecule has 98 valence electrons. The van der Waals surface area contributed by atoms with E-state index in [2.05, 4.69) is 4.72 Å². The van der Waals surface area contributed by atoms with Crippen LogP contribution in [0, 0.1) is 6.92 Å². The van der Waals surface area contributed by atoms with E-state index in [9.17, 15) is 8.42 Å². The minimum Gasteiger partial charge on any atom is -0.396 e. The summed E-state index contributed by atoms with van der Waals surface area (Å²) in [5, 5.41) is 8.68. The Kier molecular flexibility index (Phi) is 5.40. The first kappa shape index (κ1) is 14.9. The number of aliphatic hydroxyl groups is 1. The van der Waals surface area contributed by atoms with E-state index >= 15 is 0 Å². The van der Waals surface area contributed by atoms with E-state index in [0.717, 1.165) is 16.9 Å². The lowest BCUT2D eigenvalue weighted by Crippen LogP contribution is -2.32. The summed E-state index contributed by atoms with van der Waals surface area (Å²) in [6.45, 7) is 3.61. The second kappa shape index (κ2) is 6.15. The van der Waals surface area contributed by atoms with Gasteiger partial charge in [-0.2, -0.15) is 0 Å². The third kappa shape index (κ3) is 4.22. The highest BCUT2D eigenvalue weighted by atomic mass is 35.5. The highest BCUT2D eigenvalue weighted by molar-refractivity contribution is 7.91. The molecule has 0 saturated carbocycles. The molecule has 0 saturated heterocycles. The van der Waals surface area contributed by atoms with Gasteiger partial charge in [0.25, 0.3) is 0 Å². The molecule has 7 heteroatoms. The van der Waals surface area contributed by atoms with E-state index in [1.165, 1.54) is 0 Å². The van der Waals surface area contributed by atoms with Crippen LogP contribution < -0.4 is 4.72 Å². The van der Waals surface area contributed by atoms with Gasteiger partial charge < -0.3 is 5.11 Å². The van der Waals surface area contributed by atoms with Crippen molar-refractivity contribution in [1.82, 2.24) is 4.72 Å². The van der Waals surface area contributed by atoms with Crippen LogP contribution in [0.5, 0.6) is 0 Å². The van der Waals surface area contributed by atoms with E-state index in [1.54, 1.807) is 19.9 Å². The number of thiophene rings is 1. The molecule has 0 fully saturated rings. The van der Waals surface area contributed by atoms with Crippen molar-refractivity contribution in [1.29, 1.82) is 0 Å². The summed E-state index contributed by atoms with van der Waals surface area (Å²) in [7, 11) is -3.49. The minimum atomic E-state index is -3.49. The Bertz CT molecular complexity index is 450. The fourth-order valence-electron chi connectivity index (χ4n) is 1.34. The van der Waals surface area contributed by atoms with Crippen LogP contribution in [0.4, 0.5) is 0 Å². The molecular formula is C10H16ClNO3S2. The molecule has 0 aromatic carbocycles. The van der Waals surface area contributed by atoms with Crippen molar-refractivity contribution < 1.29 is 13.5 Å². The van der Waals surface area contributed by atoms with Crippen molar-refractivity contribution in [3.63, 3.8) is 0 Å². The van der Waals surface area contributed by atoms with Gasteiger partial charge in [0.2, 0.25) is 10.0 Å². The van der Waals surface area contributed by atoms with Crippen molar-refractivity contribution >= 4 is 33.0 Å². The predicted molar refractivity (Wildman–Crippen MR) is 70.2 cm³/mol. The molecule has 0 aliphatic heterocycles. The molecule has 0 aliphatic carbocycles. The van der Waals surface area contributed by atoms with Crippen molar-refractivity contribution in [3.05, 3.63) is 16.0 Å². The van der Waals surface area contributed by atoms with Gasteiger partial charge in [-0.1, -0.05) is 11.6 Å². The fourth-order valence-corrected chi connectivity index (χ4v) is 4.35. The van der Waals surface area contributed by atoms with Crippen LogP contribution >= 0.6 is 22.9 Å². The van der Waals surface area contributed by atoms with E-state index in [4.69, 9.17) is 16.7 Å². The maximum atomic E-state index is 11.9. The van der Waals surface area contributed by atoms with Crippen LogP contribution in [0.2, 0.25) is 4.34 Å². The van der Waals surface area contributed by atoms with E-state index in [0.29, 0.717) is 17.2 Å². The lowest BCUT2D eigenvalue weighted by molar-refractivity contribution is 0.279. The van der Waals surface area contributed by atoms with Crippen molar-refractivity contribution in [2.45, 2.75) is 36.9 Å². The molecule has 4 nitrogen and oxygen atoms in total. The molecule has 0 amide bonds. The Hall–Kier alpha value is -0.140. The largest absolute Gasteiger partial charge is 0.396 e. The summed E-state index contributed by atoms with van der Waals surface area (Å²) in [5.74, 6) is 0. The van der Waals surface area contributed by atoms with Crippen LogP contribution in [0.1, 0.15) is 25.3 Å². The Morgan fingerprint density at radius 3 is 2.71 bits per heavy atom. The smallest absolute Gasteiger partial charge is 0.250 e. The first-order valence-corrected chi connectivity index (χ1v) is 7.93. The summed E-state index contributed by atoms with van der Waals surface area (Å²) in [6.07, 6.45) is 1.18. The number of rotatable bonds is 6. The second-order valence-corrected chi connectivity index (χ2v) is 7.51. The average molecular weight is 298 g/mol. The van der Waals surface area contributed by atoms with Gasteiger partial charge in [0, 0.05) is 12.6 Å². The molecule has 17 heavy (non-hydrogen) atoms. The first-order chi connectivity index (χ1) is 7.86. The first-order valence-electron chi connectivity index (χ1n) is 5.26. The zero-order valence-electron chi connectivity index (χ0n) is 9.73. The third-order valence-electron chi connectivity index (χ3n) is 2.25. The summed E-state index contributed by atoms with van der Waals surface area (Å²) in [6, 6.07) is 1.36. The number of aryl methyl sites for hydroxylation is 1. The summed E-state index contributed by atoms with van der Waals surface area (Å²) in [5.41, 5.74) is 0.764. The molecule has 1 aromatic heterocycles. The molecule has 1 rings (SSSR count). The molecule has 0 radical (unpaired) electrons. The molecule has 1 aromatic rings. The highest BCUT2D eigenvalue weighted by Crippen LogP contribution is 2.30. The van der Waals surface area contributed by atoms with Crippen molar-refractivity contribution in [3.8, 4) is 0 Å². The number of nitrogens with one attached hydrogen (secondary N) is 1. The summed E-state index contributed by atoms with van der Waals surface area (Å²) >= 11 is 6.90. The maximum absolute atomic E-state index is 11.9. The van der Waals surface area contributed by atoms with Gasteiger partial charge >= 0.3 is 0 Å². The van der Waals surface area contributed by atoms with Gasteiger partial charge in [-0.3, -0.25) is 0 Å². The predicted octanol–water partition coefficient (Wildman–Crippen LogP) is 2.15. The molecule has 0 bridgehead atoms. The molecule has 1 unspecified atom stereocenters. The fraction of sp³-hybridized carbons (Fsp3) is 0.600. The minimum absolute atomic E-state index is 0.0655. The molecule has 1 atom stereocenters. The number of sulfonamides is 1. The number of hydrogen-bond donors (Lipinski definition) is 2. The molecule has 0 aliphatic rings. The third-order valence-corrected chi connectivity index (χ3v) is 5.87. The van der Waals surface area contributed by atoms with Crippen LogP contribution in [0.3, 0.4) is 0 Å². The molecular weight excluding hydrogens is 282 g/mol. The zero-order chi connectivity index (χ0) is 13.1. The number of aliphatic hydroxyl groups excluding tert-OH is 1. The van der Waals surface area contributed by atoms with Gasteiger partial charge in [-0.05, 0) is 38.3 Å². The Labute approximate surface area is 111 Å². The van der Waals surface area contributed by atoms with Crippen LogP contribution in [-0.2, 0) is 10.0 Å². The van der Waals surface area contributed by atoms with Gasteiger partial charge in [0.1, 0.15) is 4.21 Å². The molecule has 0 spiro atoms. The SMILES string of the molecule is Cc1cc(S(=O)(=O)NC(C)CCCO)sc1Cl. The van der Waals surface area contributed by atoms with Crippen LogP contribution in [0.25, 0.3) is 0 Å². The van der Waals surface area contributed by atoms with Crippen LogP contribution in [-0.4, -0.2) is 26.2 Å². The van der Waals surface area contributed by atoms with Crippen molar-refractivity contribution in [2.75, 3.05) is 6.61 Å². The van der Waals surface area contributed by atoms with Gasteiger partial charge in [0.15, 0.2) is 0 Å². The molecule has 2 N–H and O–H groups in total. The monoisotopic (exact) mass is 297 g/mol. The van der Waals surface area contributed by atoms with Gasteiger partial charge in [0.05, 0.1) is 4.34 Å². The van der Waals surface area contributed by atoms with Gasteiger partial charge in [-0.15, -0.1) is 11.3 Å². The number of hydrogen-bond acceptors (Lipinski definition) is 4. The average Bonchev–Trinajstić information content (AvgIpc) is 2.56. The van der Waals surface area contributed by atoms with E-state index in [-0.39, 0.29) is 16.9 Å². The van der Waals surface area contributed by atoms with E-state index < -0.39 is 10.0 Å². The topological polar surface area (TPSA) is 66.4 Å². The maximum Gasteiger partial charge on any atom is 0.250 e. The second-order valence-electron chi connectivity index (χ2n) is 3.91. The Balaban J connectivity index is 2.75. The lowest BCUT2D eigenvalue weighted by atomic mass is 10.2. The normalized spacial score (nSPS) is 13.9. The van der Waals surface area contributed by atoms with Crippen molar-refractivity contribution in [2.24, 2.45) is 0 Å². The quantitative estimate of drug-likeness (QED) is 0.845. The number of halogens is 1. The summed E-state index contributed by atoms with van der Waals surface area (Å²) in [4.78, 5) is 0. The van der Waals surface area contributed by atoms with Gasteiger partial charge in [-0.25, -0.2) is 13.1 Å². The zero-order valence-corrected chi connectivity index (χ0v) is 12.1. The standard InChI is InChI=1S/C10H16ClNO3S2/c1-7-6-9(16-10(7)11)17(14,15)12-8(2)4-3-5-13/h6,8,12-13H,3-5H2,1-2H3. The molecule has 1 heterocycles. The lowest BCUT2D eigenvalue weighted by Gasteiger charge is -2.12. The Morgan fingerprint density at radius 2 is 2.24 bits per heavy atom. The highest BCUT2D eigenvalue weighted by Gasteiger charge is 2.20. The van der Waals surface area contributed by atoms with E-state index in [1.807, 2.05) is 0 Å².